The second kappa shape index (κ2) is 9.82. The van der Waals surface area contributed by atoms with Crippen LogP contribution >= 0.6 is 0 Å². The van der Waals surface area contributed by atoms with Crippen LogP contribution in [0.1, 0.15) is 70.3 Å². The molecule has 1 aromatic rings. The first-order chi connectivity index (χ1) is 11.2. The van der Waals surface area contributed by atoms with Gasteiger partial charge in [0.05, 0.1) is 6.10 Å². The molecule has 128 valence electrons. The van der Waals surface area contributed by atoms with Crippen LogP contribution in [0, 0.1) is 11.6 Å². The number of benzene rings is 1. The van der Waals surface area contributed by atoms with E-state index in [1.165, 1.54) is 32.1 Å². The standard InChI is InChI=1S/C20H28F2O/c1-2-3-4-5-6-7-15-23-17-13-11-16(12-14-17)18-9-8-10-19(21)20(18)22/h8-11,17H,2-7,12-15H2,1H3. The third-order valence-corrected chi connectivity index (χ3v) is 4.51. The third-order valence-electron chi connectivity index (χ3n) is 4.51. The highest BCUT2D eigenvalue weighted by Gasteiger charge is 2.18. The van der Waals surface area contributed by atoms with E-state index < -0.39 is 11.6 Å². The summed E-state index contributed by atoms with van der Waals surface area (Å²) in [5.41, 5.74) is 1.31. The Kier molecular flexibility index (Phi) is 7.73. The summed E-state index contributed by atoms with van der Waals surface area (Å²) < 4.78 is 33.0. The van der Waals surface area contributed by atoms with E-state index in [4.69, 9.17) is 4.74 Å². The Bertz CT molecular complexity index is 510. The summed E-state index contributed by atoms with van der Waals surface area (Å²) in [5, 5.41) is 0. The van der Waals surface area contributed by atoms with Gasteiger partial charge >= 0.3 is 0 Å². The van der Waals surface area contributed by atoms with Crippen molar-refractivity contribution in [1.82, 2.24) is 0 Å². The Hall–Kier alpha value is -1.22. The highest BCUT2D eigenvalue weighted by molar-refractivity contribution is 5.66. The summed E-state index contributed by atoms with van der Waals surface area (Å²) >= 11 is 0. The van der Waals surface area contributed by atoms with Crippen LogP contribution in [-0.2, 0) is 4.74 Å². The molecule has 0 heterocycles. The van der Waals surface area contributed by atoms with Gasteiger partial charge in [0.25, 0.3) is 0 Å². The lowest BCUT2D eigenvalue weighted by molar-refractivity contribution is 0.0458. The number of halogens is 2. The number of hydrogen-bond acceptors (Lipinski definition) is 1. The molecule has 0 saturated carbocycles. The molecule has 1 aliphatic rings. The number of ether oxygens (including phenoxy) is 1. The number of rotatable bonds is 9. The second-order valence-electron chi connectivity index (χ2n) is 6.37. The van der Waals surface area contributed by atoms with E-state index in [1.54, 1.807) is 12.1 Å². The van der Waals surface area contributed by atoms with Gasteiger partial charge in [-0.15, -0.1) is 0 Å². The zero-order chi connectivity index (χ0) is 16.5. The molecule has 1 unspecified atom stereocenters. The van der Waals surface area contributed by atoms with Crippen LogP contribution in [0.3, 0.4) is 0 Å². The van der Waals surface area contributed by atoms with Gasteiger partial charge in [0.1, 0.15) is 0 Å². The molecular weight excluding hydrogens is 294 g/mol. The van der Waals surface area contributed by atoms with E-state index in [9.17, 15) is 8.78 Å². The summed E-state index contributed by atoms with van der Waals surface area (Å²) in [6, 6.07) is 4.38. The monoisotopic (exact) mass is 322 g/mol. The first kappa shape index (κ1) is 18.1. The van der Waals surface area contributed by atoms with Crippen molar-refractivity contribution in [2.75, 3.05) is 6.61 Å². The fourth-order valence-electron chi connectivity index (χ4n) is 3.09. The maximum absolute atomic E-state index is 13.8. The van der Waals surface area contributed by atoms with E-state index in [0.717, 1.165) is 43.9 Å². The van der Waals surface area contributed by atoms with Crippen LogP contribution < -0.4 is 0 Å². The first-order valence-corrected chi connectivity index (χ1v) is 8.97. The van der Waals surface area contributed by atoms with Crippen molar-refractivity contribution in [1.29, 1.82) is 0 Å². The largest absolute Gasteiger partial charge is 0.378 e. The molecule has 0 N–H and O–H groups in total. The van der Waals surface area contributed by atoms with Crippen molar-refractivity contribution < 1.29 is 13.5 Å². The Morgan fingerprint density at radius 1 is 1.09 bits per heavy atom. The average molecular weight is 322 g/mol. The molecule has 0 radical (unpaired) electrons. The topological polar surface area (TPSA) is 9.23 Å². The van der Waals surface area contributed by atoms with E-state index in [-0.39, 0.29) is 6.10 Å². The van der Waals surface area contributed by atoms with E-state index in [1.807, 2.05) is 6.08 Å². The van der Waals surface area contributed by atoms with E-state index in [2.05, 4.69) is 6.92 Å². The van der Waals surface area contributed by atoms with E-state index in [0.29, 0.717) is 5.56 Å². The zero-order valence-corrected chi connectivity index (χ0v) is 14.1. The van der Waals surface area contributed by atoms with Gasteiger partial charge in [0.2, 0.25) is 0 Å². The van der Waals surface area contributed by atoms with Crippen LogP contribution in [0.5, 0.6) is 0 Å². The van der Waals surface area contributed by atoms with Crippen molar-refractivity contribution in [3.63, 3.8) is 0 Å². The quantitative estimate of drug-likeness (QED) is 0.486. The lowest BCUT2D eigenvalue weighted by Crippen LogP contribution is -2.16. The molecule has 1 aromatic carbocycles. The molecule has 0 aromatic heterocycles. The smallest absolute Gasteiger partial charge is 0.166 e. The van der Waals surface area contributed by atoms with Crippen LogP contribution in [0.2, 0.25) is 0 Å². The Balaban J connectivity index is 1.70. The van der Waals surface area contributed by atoms with Gasteiger partial charge in [-0.05, 0) is 37.3 Å². The molecule has 0 saturated heterocycles. The third kappa shape index (κ3) is 5.72. The molecule has 0 bridgehead atoms. The Morgan fingerprint density at radius 2 is 1.87 bits per heavy atom. The molecule has 1 nitrogen and oxygen atoms in total. The van der Waals surface area contributed by atoms with Crippen molar-refractivity contribution in [2.24, 2.45) is 0 Å². The van der Waals surface area contributed by atoms with Crippen molar-refractivity contribution in [3.8, 4) is 0 Å². The van der Waals surface area contributed by atoms with Gasteiger partial charge in [0.15, 0.2) is 11.6 Å². The Labute approximate surface area is 138 Å². The van der Waals surface area contributed by atoms with Gasteiger partial charge in [0, 0.05) is 12.2 Å². The van der Waals surface area contributed by atoms with Gasteiger partial charge in [-0.25, -0.2) is 8.78 Å². The summed E-state index contributed by atoms with van der Waals surface area (Å²) in [4.78, 5) is 0. The first-order valence-electron chi connectivity index (χ1n) is 8.97. The lowest BCUT2D eigenvalue weighted by atomic mass is 9.91. The molecule has 3 heteroatoms. The summed E-state index contributed by atoms with van der Waals surface area (Å²) in [5.74, 6) is -1.50. The van der Waals surface area contributed by atoms with Gasteiger partial charge < -0.3 is 4.74 Å². The molecule has 23 heavy (non-hydrogen) atoms. The molecule has 0 aliphatic heterocycles. The molecule has 2 rings (SSSR count). The predicted octanol–water partition coefficient (Wildman–Crippen LogP) is 6.28. The van der Waals surface area contributed by atoms with Crippen molar-refractivity contribution in [3.05, 3.63) is 41.5 Å². The maximum atomic E-state index is 13.8. The number of hydrogen-bond donors (Lipinski definition) is 0. The lowest BCUT2D eigenvalue weighted by Gasteiger charge is -2.23. The van der Waals surface area contributed by atoms with Gasteiger partial charge in [-0.2, -0.15) is 0 Å². The molecule has 1 atom stereocenters. The summed E-state index contributed by atoms with van der Waals surface area (Å²) in [6.45, 7) is 3.04. The van der Waals surface area contributed by atoms with Crippen LogP contribution in [0.25, 0.3) is 5.57 Å². The highest BCUT2D eigenvalue weighted by atomic mass is 19.2. The zero-order valence-electron chi connectivity index (χ0n) is 14.1. The minimum Gasteiger partial charge on any atom is -0.378 e. The van der Waals surface area contributed by atoms with Crippen LogP contribution in [0.4, 0.5) is 8.78 Å². The van der Waals surface area contributed by atoms with Gasteiger partial charge in [-0.1, -0.05) is 57.2 Å². The SMILES string of the molecule is CCCCCCCCOC1CC=C(c2cccc(F)c2F)CC1. The van der Waals surface area contributed by atoms with Crippen LogP contribution in [-0.4, -0.2) is 12.7 Å². The van der Waals surface area contributed by atoms with E-state index >= 15 is 0 Å². The van der Waals surface area contributed by atoms with Gasteiger partial charge in [-0.3, -0.25) is 0 Å². The predicted molar refractivity (Wildman–Crippen MR) is 91.3 cm³/mol. The van der Waals surface area contributed by atoms with Crippen molar-refractivity contribution >= 4 is 5.57 Å². The molecule has 0 fully saturated rings. The average Bonchev–Trinajstić information content (AvgIpc) is 2.57. The minimum absolute atomic E-state index is 0.228. The van der Waals surface area contributed by atoms with Crippen molar-refractivity contribution in [2.45, 2.75) is 70.8 Å². The molecule has 0 spiro atoms. The second-order valence-corrected chi connectivity index (χ2v) is 6.37. The normalized spacial score (nSPS) is 18.0. The number of allylic oxidation sites excluding steroid dienone is 1. The summed E-state index contributed by atoms with van der Waals surface area (Å²) in [6.07, 6.45) is 12.2. The molecular formula is C20H28F2O. The van der Waals surface area contributed by atoms with Crippen LogP contribution in [0.15, 0.2) is 24.3 Å². The maximum Gasteiger partial charge on any atom is 0.166 e. The fourth-order valence-corrected chi connectivity index (χ4v) is 3.09. The molecule has 1 aliphatic carbocycles. The fraction of sp³-hybridized carbons (Fsp3) is 0.600. The minimum atomic E-state index is -0.773. The summed E-state index contributed by atoms with van der Waals surface area (Å²) in [7, 11) is 0. The molecule has 0 amide bonds. The number of unbranched alkanes of at least 4 members (excludes halogenated alkanes) is 5. The Morgan fingerprint density at radius 3 is 2.61 bits per heavy atom. The highest BCUT2D eigenvalue weighted by Crippen LogP contribution is 2.30.